The lowest BCUT2D eigenvalue weighted by molar-refractivity contribution is -0.385. The predicted octanol–water partition coefficient (Wildman–Crippen LogP) is 1.35. The van der Waals surface area contributed by atoms with Gasteiger partial charge < -0.3 is 10.1 Å². The molecule has 9 nitrogen and oxygen atoms in total. The molecule has 28 heavy (non-hydrogen) atoms. The van der Waals surface area contributed by atoms with Gasteiger partial charge in [0.1, 0.15) is 5.82 Å². The van der Waals surface area contributed by atoms with Crippen LogP contribution >= 0.6 is 0 Å². The van der Waals surface area contributed by atoms with Gasteiger partial charge in [-0.3, -0.25) is 14.9 Å². The average Bonchev–Trinajstić information content (AvgIpc) is 2.64. The highest BCUT2D eigenvalue weighted by Crippen LogP contribution is 2.18. The minimum Gasteiger partial charge on any atom is -0.481 e. The first-order valence-electron chi connectivity index (χ1n) is 7.78. The number of non-ortho nitro benzene ring substituents is 1. The van der Waals surface area contributed by atoms with E-state index in [4.69, 9.17) is 4.74 Å². The van der Waals surface area contributed by atoms with Gasteiger partial charge in [0.15, 0.2) is 18.2 Å². The molecule has 2 rings (SSSR count). The van der Waals surface area contributed by atoms with Crippen LogP contribution in [0.5, 0.6) is 5.75 Å². The van der Waals surface area contributed by atoms with Crippen molar-refractivity contribution in [2.45, 2.75) is 4.90 Å². The largest absolute Gasteiger partial charge is 0.481 e. The highest BCUT2D eigenvalue weighted by Gasteiger charge is 2.17. The molecule has 0 spiro atoms. The Morgan fingerprint density at radius 2 is 1.89 bits per heavy atom. The molecule has 2 aromatic rings. The number of ether oxygens (including phenoxy) is 1. The van der Waals surface area contributed by atoms with Gasteiger partial charge in [0.05, 0.1) is 9.82 Å². The monoisotopic (exact) mass is 415 g/mol. The molecule has 0 heterocycles. The number of carbonyl (C=O) groups is 1. The summed E-state index contributed by atoms with van der Waals surface area (Å²) >= 11 is 0. The lowest BCUT2D eigenvalue weighted by atomic mass is 10.3. The molecule has 2 N–H and O–H groups in total. The molecular weight excluding hydrogens is 400 g/mol. The Morgan fingerprint density at radius 3 is 2.57 bits per heavy atom. The Morgan fingerprint density at radius 1 is 1.14 bits per heavy atom. The standard InChI is InChI=1S/C16H15F2N3O6S/c17-11-4-5-15(14(18)8-11)27-10-16(22)19-6-7-20-28(25,26)13-3-1-2-12(9-13)21(23)24/h1-5,8-9,20H,6-7,10H2,(H,19,22). The Kier molecular flexibility index (Phi) is 6.95. The van der Waals surface area contributed by atoms with E-state index < -0.39 is 39.1 Å². The lowest BCUT2D eigenvalue weighted by Crippen LogP contribution is -2.36. The zero-order valence-electron chi connectivity index (χ0n) is 14.2. The number of hydrogen-bond acceptors (Lipinski definition) is 6. The Hall–Kier alpha value is -3.12. The van der Waals surface area contributed by atoms with E-state index in [1.165, 1.54) is 12.1 Å². The van der Waals surface area contributed by atoms with Gasteiger partial charge in [-0.05, 0) is 18.2 Å². The number of sulfonamides is 1. The first kappa shape index (κ1) is 21.2. The van der Waals surface area contributed by atoms with Crippen LogP contribution in [0.2, 0.25) is 0 Å². The molecule has 0 fully saturated rings. The summed E-state index contributed by atoms with van der Waals surface area (Å²) in [7, 11) is -4.00. The molecule has 0 radical (unpaired) electrons. The molecule has 0 aliphatic carbocycles. The van der Waals surface area contributed by atoms with E-state index in [0.29, 0.717) is 6.07 Å². The number of benzene rings is 2. The number of nitrogens with one attached hydrogen (secondary N) is 2. The lowest BCUT2D eigenvalue weighted by Gasteiger charge is -2.09. The first-order valence-corrected chi connectivity index (χ1v) is 9.26. The van der Waals surface area contributed by atoms with Crippen LogP contribution in [0, 0.1) is 21.7 Å². The van der Waals surface area contributed by atoms with Gasteiger partial charge in [0, 0.05) is 31.3 Å². The Bertz CT molecular complexity index is 984. The van der Waals surface area contributed by atoms with Crippen molar-refractivity contribution < 1.29 is 31.7 Å². The fourth-order valence-corrected chi connectivity index (χ4v) is 3.09. The normalized spacial score (nSPS) is 11.1. The molecule has 0 aliphatic rings. The molecule has 150 valence electrons. The van der Waals surface area contributed by atoms with E-state index >= 15 is 0 Å². The third-order valence-electron chi connectivity index (χ3n) is 3.33. The zero-order chi connectivity index (χ0) is 20.7. The molecule has 1 amide bonds. The van der Waals surface area contributed by atoms with Gasteiger partial charge in [-0.25, -0.2) is 21.9 Å². The van der Waals surface area contributed by atoms with E-state index in [1.807, 2.05) is 0 Å². The number of nitrogens with zero attached hydrogens (tertiary/aromatic N) is 1. The summed E-state index contributed by atoms with van der Waals surface area (Å²) < 4.78 is 57.4. The molecule has 0 aromatic heterocycles. The maximum absolute atomic E-state index is 13.4. The maximum Gasteiger partial charge on any atom is 0.270 e. The second kappa shape index (κ2) is 9.19. The van der Waals surface area contributed by atoms with E-state index in [0.717, 1.165) is 24.3 Å². The fourth-order valence-electron chi connectivity index (χ4n) is 2.02. The molecule has 0 atom stereocenters. The van der Waals surface area contributed by atoms with Crippen molar-refractivity contribution in [3.05, 3.63) is 64.2 Å². The SMILES string of the molecule is O=C(COc1ccc(F)cc1F)NCCNS(=O)(=O)c1cccc([N+](=O)[O-])c1. The number of amides is 1. The van der Waals surface area contributed by atoms with Crippen molar-refractivity contribution in [2.24, 2.45) is 0 Å². The number of nitro benzene ring substituents is 1. The van der Waals surface area contributed by atoms with E-state index in [9.17, 15) is 32.1 Å². The summed E-state index contributed by atoms with van der Waals surface area (Å²) in [5, 5.41) is 13.0. The highest BCUT2D eigenvalue weighted by atomic mass is 32.2. The second-order valence-electron chi connectivity index (χ2n) is 5.37. The minimum absolute atomic E-state index is 0.109. The molecule has 12 heteroatoms. The van der Waals surface area contributed by atoms with Gasteiger partial charge >= 0.3 is 0 Å². The maximum atomic E-state index is 13.4. The third kappa shape index (κ3) is 5.96. The number of carbonyl (C=O) groups excluding carboxylic acids is 1. The Labute approximate surface area is 158 Å². The van der Waals surface area contributed by atoms with Crippen molar-refractivity contribution >= 4 is 21.6 Å². The van der Waals surface area contributed by atoms with E-state index in [1.54, 1.807) is 0 Å². The summed E-state index contributed by atoms with van der Waals surface area (Å²) in [6, 6.07) is 7.11. The van der Waals surface area contributed by atoms with E-state index in [-0.39, 0.29) is 29.4 Å². The number of nitro groups is 1. The van der Waals surface area contributed by atoms with Crippen molar-refractivity contribution in [3.63, 3.8) is 0 Å². The minimum atomic E-state index is -4.00. The van der Waals surface area contributed by atoms with Gasteiger partial charge in [0.2, 0.25) is 10.0 Å². The fraction of sp³-hybridized carbons (Fsp3) is 0.188. The van der Waals surface area contributed by atoms with Crippen molar-refractivity contribution in [2.75, 3.05) is 19.7 Å². The quantitative estimate of drug-likeness (QED) is 0.362. The highest BCUT2D eigenvalue weighted by molar-refractivity contribution is 7.89. The topological polar surface area (TPSA) is 128 Å². The second-order valence-corrected chi connectivity index (χ2v) is 7.13. The van der Waals surface area contributed by atoms with Gasteiger partial charge in [0.25, 0.3) is 11.6 Å². The smallest absolute Gasteiger partial charge is 0.270 e. The first-order chi connectivity index (χ1) is 13.2. The zero-order valence-corrected chi connectivity index (χ0v) is 15.0. The van der Waals surface area contributed by atoms with Crippen molar-refractivity contribution in [3.8, 4) is 5.75 Å². The summed E-state index contributed by atoms with van der Waals surface area (Å²) in [6.07, 6.45) is 0. The molecule has 0 saturated carbocycles. The van der Waals surface area contributed by atoms with E-state index in [2.05, 4.69) is 10.0 Å². The summed E-state index contributed by atoms with van der Waals surface area (Å²) in [6.45, 7) is -0.857. The summed E-state index contributed by atoms with van der Waals surface area (Å²) in [5.41, 5.74) is -0.374. The van der Waals surface area contributed by atoms with Crippen LogP contribution in [-0.4, -0.2) is 38.9 Å². The van der Waals surface area contributed by atoms with Crippen LogP contribution in [0.3, 0.4) is 0 Å². The molecule has 2 aromatic carbocycles. The van der Waals surface area contributed by atoms with Crippen molar-refractivity contribution in [1.29, 1.82) is 0 Å². The predicted molar refractivity (Wildman–Crippen MR) is 93.1 cm³/mol. The number of halogens is 2. The average molecular weight is 415 g/mol. The molecule has 0 saturated heterocycles. The summed E-state index contributed by atoms with van der Waals surface area (Å²) in [5.74, 6) is -2.70. The van der Waals surface area contributed by atoms with Crippen LogP contribution < -0.4 is 14.8 Å². The van der Waals surface area contributed by atoms with Crippen LogP contribution in [0.4, 0.5) is 14.5 Å². The van der Waals surface area contributed by atoms with Gasteiger partial charge in [-0.2, -0.15) is 0 Å². The molecule has 0 unspecified atom stereocenters. The van der Waals surface area contributed by atoms with Crippen LogP contribution in [0.25, 0.3) is 0 Å². The molecule has 0 aliphatic heterocycles. The summed E-state index contributed by atoms with van der Waals surface area (Å²) in [4.78, 5) is 21.3. The van der Waals surface area contributed by atoms with Crippen molar-refractivity contribution in [1.82, 2.24) is 10.0 Å². The van der Waals surface area contributed by atoms with Gasteiger partial charge in [-0.15, -0.1) is 0 Å². The molecule has 0 bridgehead atoms. The van der Waals surface area contributed by atoms with Crippen LogP contribution in [-0.2, 0) is 14.8 Å². The number of rotatable bonds is 9. The number of hydrogen-bond donors (Lipinski definition) is 2. The van der Waals surface area contributed by atoms with Crippen LogP contribution in [0.1, 0.15) is 0 Å². The molecular formula is C16H15F2N3O6S. The van der Waals surface area contributed by atoms with Crippen LogP contribution in [0.15, 0.2) is 47.4 Å². The Balaban J connectivity index is 1.79. The third-order valence-corrected chi connectivity index (χ3v) is 4.79. The van der Waals surface area contributed by atoms with Gasteiger partial charge in [-0.1, -0.05) is 6.07 Å².